The van der Waals surface area contributed by atoms with Gasteiger partial charge in [-0.1, -0.05) is 23.7 Å². The minimum Gasteiger partial charge on any atom is -0.355 e. The average Bonchev–Trinajstić information content (AvgIpc) is 2.55. The van der Waals surface area contributed by atoms with Gasteiger partial charge in [0.25, 0.3) is 0 Å². The molecule has 0 unspecified atom stereocenters. The van der Waals surface area contributed by atoms with Crippen LogP contribution in [0.1, 0.15) is 5.56 Å². The van der Waals surface area contributed by atoms with E-state index >= 15 is 0 Å². The molecule has 1 amide bonds. The molecule has 0 bridgehead atoms. The summed E-state index contributed by atoms with van der Waals surface area (Å²) < 4.78 is 35.4. The Morgan fingerprint density at radius 3 is 2.48 bits per heavy atom. The van der Waals surface area contributed by atoms with E-state index in [4.69, 9.17) is 16.7 Å². The Labute approximate surface area is 154 Å². The first-order valence-corrected chi connectivity index (χ1v) is 10.1. The average molecular weight is 403 g/mol. The summed E-state index contributed by atoms with van der Waals surface area (Å²) in [6.07, 6.45) is 0.559. The number of halogens is 2. The van der Waals surface area contributed by atoms with Crippen molar-refractivity contribution in [2.45, 2.75) is 16.2 Å². The van der Waals surface area contributed by atoms with E-state index in [9.17, 15) is 17.6 Å². The molecule has 0 spiro atoms. The number of rotatable bonds is 7. The largest absolute Gasteiger partial charge is 0.355 e. The molecule has 9 heteroatoms. The third-order valence-electron chi connectivity index (χ3n) is 3.25. The molecule has 0 saturated carbocycles. The highest BCUT2D eigenvalue weighted by Crippen LogP contribution is 2.23. The monoisotopic (exact) mass is 402 g/mol. The van der Waals surface area contributed by atoms with Gasteiger partial charge in [-0.05, 0) is 42.3 Å². The highest BCUT2D eigenvalue weighted by Gasteiger charge is 2.08. The summed E-state index contributed by atoms with van der Waals surface area (Å²) in [5.74, 6) is -0.470. The fourth-order valence-electron chi connectivity index (χ4n) is 1.96. The predicted octanol–water partition coefficient (Wildman–Crippen LogP) is 2.58. The number of hydrogen-bond donors (Lipinski definition) is 2. The van der Waals surface area contributed by atoms with Crippen LogP contribution in [-0.2, 0) is 21.2 Å². The lowest BCUT2D eigenvalue weighted by Gasteiger charge is -2.06. The normalized spacial score (nSPS) is 11.3. The topological polar surface area (TPSA) is 89.3 Å². The van der Waals surface area contributed by atoms with Crippen LogP contribution >= 0.6 is 23.4 Å². The maximum Gasteiger partial charge on any atom is 0.238 e. The van der Waals surface area contributed by atoms with E-state index in [1.54, 1.807) is 18.2 Å². The van der Waals surface area contributed by atoms with E-state index in [1.807, 2.05) is 0 Å². The van der Waals surface area contributed by atoms with Crippen LogP contribution in [0.4, 0.5) is 4.39 Å². The van der Waals surface area contributed by atoms with Gasteiger partial charge in [0.2, 0.25) is 15.9 Å². The second-order valence-corrected chi connectivity index (χ2v) is 8.17. The summed E-state index contributed by atoms with van der Waals surface area (Å²) in [4.78, 5) is 12.6. The van der Waals surface area contributed by atoms with Crippen molar-refractivity contribution in [3.63, 3.8) is 0 Å². The highest BCUT2D eigenvalue weighted by molar-refractivity contribution is 8.00. The van der Waals surface area contributed by atoms with Crippen LogP contribution in [0.2, 0.25) is 5.02 Å². The lowest BCUT2D eigenvalue weighted by Crippen LogP contribution is -2.27. The smallest absolute Gasteiger partial charge is 0.238 e. The number of hydrogen-bond acceptors (Lipinski definition) is 4. The van der Waals surface area contributed by atoms with Gasteiger partial charge < -0.3 is 5.32 Å². The van der Waals surface area contributed by atoms with Crippen LogP contribution < -0.4 is 10.5 Å². The van der Waals surface area contributed by atoms with Crippen molar-refractivity contribution in [1.29, 1.82) is 0 Å². The highest BCUT2D eigenvalue weighted by atomic mass is 35.5. The number of carbonyl (C=O) groups is 1. The second-order valence-electron chi connectivity index (χ2n) is 5.15. The van der Waals surface area contributed by atoms with Crippen LogP contribution in [0.15, 0.2) is 52.3 Å². The standard InChI is InChI=1S/C16H16ClFN2O3S2/c17-14-9-12(3-6-15(14)18)24-10-16(21)20-8-7-11-1-4-13(5-2-11)25(19,22)23/h1-6,9H,7-8,10H2,(H,20,21)(H2,19,22,23). The van der Waals surface area contributed by atoms with Gasteiger partial charge >= 0.3 is 0 Å². The number of benzene rings is 2. The predicted molar refractivity (Wildman–Crippen MR) is 96.7 cm³/mol. The molecule has 0 aromatic heterocycles. The van der Waals surface area contributed by atoms with Gasteiger partial charge in [-0.2, -0.15) is 0 Å². The zero-order chi connectivity index (χ0) is 18.4. The number of sulfonamides is 1. The Morgan fingerprint density at radius 2 is 1.88 bits per heavy atom. The summed E-state index contributed by atoms with van der Waals surface area (Å²) in [6.45, 7) is 0.415. The van der Waals surface area contributed by atoms with Crippen LogP contribution in [0, 0.1) is 5.82 Å². The first-order valence-electron chi connectivity index (χ1n) is 7.22. The third kappa shape index (κ3) is 6.32. The summed E-state index contributed by atoms with van der Waals surface area (Å²) in [5, 5.41) is 7.81. The number of nitrogens with two attached hydrogens (primary N) is 1. The Bertz CT molecular complexity index is 858. The molecule has 2 aromatic carbocycles. The van der Waals surface area contributed by atoms with Crippen LogP contribution in [-0.4, -0.2) is 26.6 Å². The lowest BCUT2D eigenvalue weighted by atomic mass is 10.1. The molecule has 2 aromatic rings. The molecule has 25 heavy (non-hydrogen) atoms. The summed E-state index contributed by atoms with van der Waals surface area (Å²) >= 11 is 6.94. The van der Waals surface area contributed by atoms with Gasteiger partial charge in [-0.3, -0.25) is 4.79 Å². The third-order valence-corrected chi connectivity index (χ3v) is 5.46. The summed E-state index contributed by atoms with van der Waals surface area (Å²) in [6, 6.07) is 10.5. The van der Waals surface area contributed by atoms with Crippen molar-refractivity contribution >= 4 is 39.3 Å². The Hall–Kier alpha value is -1.61. The van der Waals surface area contributed by atoms with Crippen molar-refractivity contribution in [2.75, 3.05) is 12.3 Å². The van der Waals surface area contributed by atoms with Crippen molar-refractivity contribution in [2.24, 2.45) is 5.14 Å². The maximum atomic E-state index is 13.1. The molecule has 0 radical (unpaired) electrons. The first-order chi connectivity index (χ1) is 11.8. The van der Waals surface area contributed by atoms with E-state index in [2.05, 4.69) is 5.32 Å². The molecule has 0 saturated heterocycles. The van der Waals surface area contributed by atoms with Crippen LogP contribution in [0.25, 0.3) is 0 Å². The Kier molecular flexibility index (Phi) is 6.83. The molecule has 0 atom stereocenters. The minimum absolute atomic E-state index is 0.0216. The van der Waals surface area contributed by atoms with E-state index in [-0.39, 0.29) is 21.6 Å². The van der Waals surface area contributed by atoms with Gasteiger partial charge in [-0.25, -0.2) is 17.9 Å². The molecule has 134 valence electrons. The Balaban J connectivity index is 1.75. The number of nitrogens with one attached hydrogen (secondary N) is 1. The number of carbonyl (C=O) groups excluding carboxylic acids is 1. The molecule has 0 aliphatic heterocycles. The summed E-state index contributed by atoms with van der Waals surface area (Å²) in [5.41, 5.74) is 0.880. The summed E-state index contributed by atoms with van der Waals surface area (Å²) in [7, 11) is -3.70. The first kappa shape index (κ1) is 19.7. The van der Waals surface area contributed by atoms with Crippen molar-refractivity contribution in [3.8, 4) is 0 Å². The number of primary sulfonamides is 1. The van der Waals surface area contributed by atoms with Crippen molar-refractivity contribution in [3.05, 3.63) is 58.9 Å². The van der Waals surface area contributed by atoms with Gasteiger partial charge in [0.05, 0.1) is 15.7 Å². The zero-order valence-corrected chi connectivity index (χ0v) is 15.4. The minimum atomic E-state index is -3.70. The molecule has 0 aliphatic rings. The van der Waals surface area contributed by atoms with Crippen molar-refractivity contribution < 1.29 is 17.6 Å². The molecule has 0 heterocycles. The quantitative estimate of drug-likeness (QED) is 0.696. The second kappa shape index (κ2) is 8.66. The van der Waals surface area contributed by atoms with Crippen molar-refractivity contribution in [1.82, 2.24) is 5.32 Å². The Morgan fingerprint density at radius 1 is 1.20 bits per heavy atom. The number of thioether (sulfide) groups is 1. The van der Waals surface area contributed by atoms with Crippen LogP contribution in [0.3, 0.4) is 0 Å². The number of amides is 1. The molecule has 5 nitrogen and oxygen atoms in total. The van der Waals surface area contributed by atoms with E-state index in [0.717, 1.165) is 5.56 Å². The van der Waals surface area contributed by atoms with Gasteiger partial charge in [-0.15, -0.1) is 11.8 Å². The molecular formula is C16H16ClFN2O3S2. The molecule has 3 N–H and O–H groups in total. The lowest BCUT2D eigenvalue weighted by molar-refractivity contribution is -0.118. The van der Waals surface area contributed by atoms with E-state index in [0.29, 0.717) is 17.9 Å². The molecule has 2 rings (SSSR count). The molecular weight excluding hydrogens is 387 g/mol. The van der Waals surface area contributed by atoms with Crippen LogP contribution in [0.5, 0.6) is 0 Å². The van der Waals surface area contributed by atoms with E-state index < -0.39 is 15.8 Å². The fraction of sp³-hybridized carbons (Fsp3) is 0.188. The van der Waals surface area contributed by atoms with Gasteiger partial charge in [0.1, 0.15) is 5.82 Å². The maximum absolute atomic E-state index is 13.1. The molecule has 0 aliphatic carbocycles. The fourth-order valence-corrected chi connectivity index (χ4v) is 3.48. The molecule has 0 fully saturated rings. The zero-order valence-electron chi connectivity index (χ0n) is 13.0. The van der Waals surface area contributed by atoms with E-state index in [1.165, 1.54) is 36.0 Å². The SMILES string of the molecule is NS(=O)(=O)c1ccc(CCNC(=O)CSc2ccc(F)c(Cl)c2)cc1. The van der Waals surface area contributed by atoms with Gasteiger partial charge in [0.15, 0.2) is 0 Å². The van der Waals surface area contributed by atoms with Gasteiger partial charge in [0, 0.05) is 11.4 Å².